The molecule has 0 amide bonds. The number of hydrogen-bond donors (Lipinski definition) is 0. The zero-order valence-corrected chi connectivity index (χ0v) is 12.2. The van der Waals surface area contributed by atoms with Gasteiger partial charge in [0.15, 0.2) is 0 Å². The fourth-order valence-electron chi connectivity index (χ4n) is 0.812. The Labute approximate surface area is 100 Å². The molecule has 0 rings (SSSR count). The molecule has 0 unspecified atom stereocenters. The molecule has 97 valence electrons. The molecule has 0 N–H and O–H groups in total. The Morgan fingerprint density at radius 1 is 0.500 bits per heavy atom. The van der Waals surface area contributed by atoms with Gasteiger partial charge in [-0.1, -0.05) is 0 Å². The summed E-state index contributed by atoms with van der Waals surface area (Å²) in [6, 6.07) is 0. The van der Waals surface area contributed by atoms with Gasteiger partial charge in [-0.15, -0.1) is 0 Å². The molecular weight excluding hydrogens is 204 g/mol. The second kappa shape index (κ2) is 5.03. The van der Waals surface area contributed by atoms with Crippen LogP contribution >= 0.6 is 0 Å². The standard InChI is InChI=1S/C13H27O3/c1-11(2,3)14-10(15-12(4,5)6)16-13(7,8)9/h1-9H3. The molecule has 0 saturated carbocycles. The molecule has 0 aliphatic carbocycles. The molecule has 0 atom stereocenters. The third-order valence-corrected chi connectivity index (χ3v) is 1.17. The molecule has 0 aromatic carbocycles. The highest BCUT2D eigenvalue weighted by atomic mass is 16.9. The average molecular weight is 231 g/mol. The normalized spacial score (nSPS) is 14.6. The summed E-state index contributed by atoms with van der Waals surface area (Å²) < 4.78 is 17.0. The molecule has 0 saturated heterocycles. The van der Waals surface area contributed by atoms with Gasteiger partial charge in [0.25, 0.3) is 0 Å². The minimum atomic E-state index is -0.328. The minimum Gasteiger partial charge on any atom is -0.315 e. The van der Waals surface area contributed by atoms with E-state index in [0.717, 1.165) is 0 Å². The van der Waals surface area contributed by atoms with Crippen molar-refractivity contribution in [2.45, 2.75) is 79.1 Å². The highest BCUT2D eigenvalue weighted by Gasteiger charge is 2.31. The topological polar surface area (TPSA) is 27.7 Å². The maximum atomic E-state index is 5.66. The van der Waals surface area contributed by atoms with E-state index in [4.69, 9.17) is 14.2 Å². The Morgan fingerprint density at radius 3 is 0.812 bits per heavy atom. The lowest BCUT2D eigenvalue weighted by atomic mass is 10.2. The zero-order valence-electron chi connectivity index (χ0n) is 12.2. The van der Waals surface area contributed by atoms with Crippen LogP contribution in [0.3, 0.4) is 0 Å². The van der Waals surface area contributed by atoms with Crippen molar-refractivity contribution in [3.8, 4) is 0 Å². The minimum absolute atomic E-state index is 0.243. The van der Waals surface area contributed by atoms with Crippen LogP contribution in [-0.4, -0.2) is 16.8 Å². The summed E-state index contributed by atoms with van der Waals surface area (Å²) in [6.07, 6.45) is 0. The van der Waals surface area contributed by atoms with Crippen molar-refractivity contribution in [2.75, 3.05) is 0 Å². The first-order valence-electron chi connectivity index (χ1n) is 5.72. The number of ether oxygens (including phenoxy) is 3. The van der Waals surface area contributed by atoms with Crippen LogP contribution in [0.25, 0.3) is 0 Å². The number of rotatable bonds is 3. The van der Waals surface area contributed by atoms with Gasteiger partial charge in [-0.05, 0) is 62.3 Å². The Morgan fingerprint density at radius 2 is 0.688 bits per heavy atom. The molecule has 1 radical (unpaired) electrons. The third-order valence-electron chi connectivity index (χ3n) is 1.17. The van der Waals surface area contributed by atoms with E-state index in [0.29, 0.717) is 0 Å². The lowest BCUT2D eigenvalue weighted by Gasteiger charge is -2.33. The van der Waals surface area contributed by atoms with Gasteiger partial charge in [0.05, 0.1) is 16.8 Å². The summed E-state index contributed by atoms with van der Waals surface area (Å²) in [5.41, 5.74) is -0.983. The van der Waals surface area contributed by atoms with Crippen LogP contribution in [-0.2, 0) is 14.2 Å². The molecule has 0 bridgehead atoms. The molecule has 0 spiro atoms. The fourth-order valence-corrected chi connectivity index (χ4v) is 0.812. The van der Waals surface area contributed by atoms with Gasteiger partial charge in [-0.25, -0.2) is 0 Å². The monoisotopic (exact) mass is 231 g/mol. The van der Waals surface area contributed by atoms with E-state index >= 15 is 0 Å². The Bertz CT molecular complexity index is 165. The smallest absolute Gasteiger partial charge is 0.315 e. The predicted octanol–water partition coefficient (Wildman–Crippen LogP) is 3.88. The van der Waals surface area contributed by atoms with Crippen molar-refractivity contribution >= 4 is 0 Å². The summed E-state index contributed by atoms with van der Waals surface area (Å²) in [5.74, 6) is 0. The SMILES string of the molecule is CC(C)(C)O[C](OC(C)(C)C)OC(C)(C)C. The van der Waals surface area contributed by atoms with E-state index in [-0.39, 0.29) is 23.3 Å². The first kappa shape index (κ1) is 15.9. The van der Waals surface area contributed by atoms with Crippen LogP contribution < -0.4 is 0 Å². The highest BCUT2D eigenvalue weighted by molar-refractivity contribution is 4.73. The van der Waals surface area contributed by atoms with Crippen molar-refractivity contribution in [3.63, 3.8) is 0 Å². The molecule has 0 heterocycles. The van der Waals surface area contributed by atoms with Crippen LogP contribution in [0, 0.1) is 6.48 Å². The predicted molar refractivity (Wildman–Crippen MR) is 65.8 cm³/mol. The molecule has 3 heteroatoms. The summed E-state index contributed by atoms with van der Waals surface area (Å²) >= 11 is 0. The average Bonchev–Trinajstić information content (AvgIpc) is 1.70. The molecule has 0 aliphatic heterocycles. The van der Waals surface area contributed by atoms with Gasteiger partial charge in [-0.2, -0.15) is 0 Å². The van der Waals surface area contributed by atoms with Gasteiger partial charge >= 0.3 is 6.48 Å². The first-order chi connectivity index (χ1) is 6.79. The van der Waals surface area contributed by atoms with Crippen molar-refractivity contribution in [2.24, 2.45) is 0 Å². The zero-order chi connectivity index (χ0) is 13.2. The third kappa shape index (κ3) is 10.4. The second-order valence-electron chi connectivity index (χ2n) is 6.89. The summed E-state index contributed by atoms with van der Waals surface area (Å²) in [6.45, 7) is 17.9. The maximum Gasteiger partial charge on any atom is 0.372 e. The summed E-state index contributed by atoms with van der Waals surface area (Å²) in [7, 11) is 0. The Hall–Kier alpha value is -0.120. The Kier molecular flexibility index (Phi) is 4.99. The molecular formula is C13H27O3. The van der Waals surface area contributed by atoms with Crippen LogP contribution in [0.5, 0.6) is 0 Å². The quantitative estimate of drug-likeness (QED) is 0.737. The van der Waals surface area contributed by atoms with Crippen molar-refractivity contribution in [1.29, 1.82) is 0 Å². The maximum absolute atomic E-state index is 5.66. The molecule has 0 aromatic heterocycles. The van der Waals surface area contributed by atoms with Gasteiger partial charge in [0.2, 0.25) is 0 Å². The van der Waals surface area contributed by atoms with E-state index in [2.05, 4.69) is 0 Å². The van der Waals surface area contributed by atoms with Crippen molar-refractivity contribution in [3.05, 3.63) is 6.48 Å². The molecule has 0 fully saturated rings. The van der Waals surface area contributed by atoms with E-state index < -0.39 is 0 Å². The lowest BCUT2D eigenvalue weighted by molar-refractivity contribution is -0.280. The first-order valence-corrected chi connectivity index (χ1v) is 5.72. The van der Waals surface area contributed by atoms with E-state index in [1.165, 1.54) is 0 Å². The van der Waals surface area contributed by atoms with E-state index in [1.807, 2.05) is 62.3 Å². The lowest BCUT2D eigenvalue weighted by Crippen LogP contribution is -2.35. The van der Waals surface area contributed by atoms with Crippen molar-refractivity contribution in [1.82, 2.24) is 0 Å². The molecule has 16 heavy (non-hydrogen) atoms. The van der Waals surface area contributed by atoms with Crippen LogP contribution in [0.15, 0.2) is 0 Å². The van der Waals surface area contributed by atoms with Crippen LogP contribution in [0.2, 0.25) is 0 Å². The van der Waals surface area contributed by atoms with Crippen LogP contribution in [0.4, 0.5) is 0 Å². The Balaban J connectivity index is 4.53. The second-order valence-corrected chi connectivity index (χ2v) is 6.89. The van der Waals surface area contributed by atoms with Gasteiger partial charge in [0, 0.05) is 0 Å². The largest absolute Gasteiger partial charge is 0.372 e. The molecule has 0 aliphatic rings. The van der Waals surface area contributed by atoms with Gasteiger partial charge < -0.3 is 14.2 Å². The van der Waals surface area contributed by atoms with Gasteiger partial charge in [0.1, 0.15) is 0 Å². The molecule has 0 aromatic rings. The van der Waals surface area contributed by atoms with E-state index in [9.17, 15) is 0 Å². The molecule has 3 nitrogen and oxygen atoms in total. The fraction of sp³-hybridized carbons (Fsp3) is 0.923. The van der Waals surface area contributed by atoms with E-state index in [1.54, 1.807) is 0 Å². The van der Waals surface area contributed by atoms with Gasteiger partial charge in [-0.3, -0.25) is 0 Å². The summed E-state index contributed by atoms with van der Waals surface area (Å²) in [5, 5.41) is 0. The highest BCUT2D eigenvalue weighted by Crippen LogP contribution is 2.27. The number of hydrogen-bond acceptors (Lipinski definition) is 3. The van der Waals surface area contributed by atoms with Crippen molar-refractivity contribution < 1.29 is 14.2 Å². The van der Waals surface area contributed by atoms with Crippen LogP contribution in [0.1, 0.15) is 62.3 Å². The summed E-state index contributed by atoms with van der Waals surface area (Å²) in [4.78, 5) is 0.